The molecule has 2 atom stereocenters. The molecule has 102 valence electrons. The third kappa shape index (κ3) is 2.31. The van der Waals surface area contributed by atoms with Gasteiger partial charge in [0.05, 0.1) is 5.69 Å². The molecule has 1 fully saturated rings. The van der Waals surface area contributed by atoms with Crippen molar-refractivity contribution in [2.75, 3.05) is 27.2 Å². The fourth-order valence-electron chi connectivity index (χ4n) is 3.41. The van der Waals surface area contributed by atoms with E-state index < -0.39 is 0 Å². The predicted octanol–water partition coefficient (Wildman–Crippen LogP) is 1.64. The van der Waals surface area contributed by atoms with Gasteiger partial charge in [-0.1, -0.05) is 0 Å². The lowest BCUT2D eigenvalue weighted by atomic mass is 9.84. The van der Waals surface area contributed by atoms with Gasteiger partial charge in [-0.05, 0) is 59.8 Å². The second-order valence-electron chi connectivity index (χ2n) is 5.59. The molecule has 2 unspecified atom stereocenters. The van der Waals surface area contributed by atoms with Crippen LogP contribution in [0.15, 0.2) is 0 Å². The monoisotopic (exact) mass is 250 g/mol. The SMILES string of the molecule is CNCC1CCCN(C)C1c1c(C)nn(C)c1C. The molecule has 18 heavy (non-hydrogen) atoms. The Morgan fingerprint density at radius 1 is 1.33 bits per heavy atom. The van der Waals surface area contributed by atoms with Crippen LogP contribution in [0.5, 0.6) is 0 Å². The third-order valence-electron chi connectivity index (χ3n) is 4.33. The van der Waals surface area contributed by atoms with Crippen LogP contribution >= 0.6 is 0 Å². The lowest BCUT2D eigenvalue weighted by Gasteiger charge is -2.39. The average Bonchev–Trinajstić information content (AvgIpc) is 2.56. The van der Waals surface area contributed by atoms with Crippen LogP contribution in [-0.4, -0.2) is 41.9 Å². The summed E-state index contributed by atoms with van der Waals surface area (Å²) in [5.41, 5.74) is 3.95. The molecule has 1 saturated heterocycles. The number of rotatable bonds is 3. The number of piperidine rings is 1. The van der Waals surface area contributed by atoms with E-state index in [2.05, 4.69) is 43.3 Å². The Labute approximate surface area is 110 Å². The summed E-state index contributed by atoms with van der Waals surface area (Å²) in [5, 5.41) is 7.93. The molecule has 0 bridgehead atoms. The Balaban J connectivity index is 2.37. The maximum Gasteiger partial charge on any atom is 0.0644 e. The normalized spacial score (nSPS) is 25.6. The molecular weight excluding hydrogens is 224 g/mol. The number of likely N-dealkylation sites (tertiary alicyclic amines) is 1. The fourth-order valence-corrected chi connectivity index (χ4v) is 3.41. The summed E-state index contributed by atoms with van der Waals surface area (Å²) in [7, 11) is 6.34. The zero-order valence-corrected chi connectivity index (χ0v) is 12.3. The van der Waals surface area contributed by atoms with Gasteiger partial charge in [0, 0.05) is 24.3 Å². The molecule has 4 nitrogen and oxygen atoms in total. The molecule has 2 heterocycles. The zero-order valence-electron chi connectivity index (χ0n) is 12.3. The van der Waals surface area contributed by atoms with Crippen molar-refractivity contribution < 1.29 is 0 Å². The van der Waals surface area contributed by atoms with E-state index in [0.29, 0.717) is 12.0 Å². The van der Waals surface area contributed by atoms with Crippen LogP contribution in [-0.2, 0) is 7.05 Å². The van der Waals surface area contributed by atoms with Crippen LogP contribution in [0.25, 0.3) is 0 Å². The van der Waals surface area contributed by atoms with Crippen molar-refractivity contribution in [3.8, 4) is 0 Å². The topological polar surface area (TPSA) is 33.1 Å². The van der Waals surface area contributed by atoms with Gasteiger partial charge in [-0.2, -0.15) is 5.10 Å². The van der Waals surface area contributed by atoms with Gasteiger partial charge in [-0.15, -0.1) is 0 Å². The third-order valence-corrected chi connectivity index (χ3v) is 4.33. The van der Waals surface area contributed by atoms with Crippen LogP contribution < -0.4 is 5.32 Å². The first-order chi connectivity index (χ1) is 8.56. The van der Waals surface area contributed by atoms with E-state index in [1.165, 1.54) is 36.3 Å². The van der Waals surface area contributed by atoms with E-state index in [1.807, 2.05) is 11.7 Å². The first kappa shape index (κ1) is 13.6. The van der Waals surface area contributed by atoms with Crippen molar-refractivity contribution in [2.24, 2.45) is 13.0 Å². The molecule has 2 rings (SSSR count). The van der Waals surface area contributed by atoms with Gasteiger partial charge in [0.25, 0.3) is 0 Å². The summed E-state index contributed by atoms with van der Waals surface area (Å²) >= 11 is 0. The number of nitrogens with zero attached hydrogens (tertiary/aromatic N) is 3. The molecule has 0 aromatic carbocycles. The van der Waals surface area contributed by atoms with Gasteiger partial charge in [-0.3, -0.25) is 9.58 Å². The van der Waals surface area contributed by atoms with Crippen molar-refractivity contribution in [1.29, 1.82) is 0 Å². The molecule has 0 radical (unpaired) electrons. The van der Waals surface area contributed by atoms with E-state index in [4.69, 9.17) is 0 Å². The summed E-state index contributed by atoms with van der Waals surface area (Å²) in [6.07, 6.45) is 2.61. The molecule has 1 aromatic heterocycles. The van der Waals surface area contributed by atoms with Crippen LogP contribution in [0.2, 0.25) is 0 Å². The lowest BCUT2D eigenvalue weighted by molar-refractivity contribution is 0.120. The fraction of sp³-hybridized carbons (Fsp3) is 0.786. The molecule has 0 spiro atoms. The van der Waals surface area contributed by atoms with Crippen molar-refractivity contribution in [3.05, 3.63) is 17.0 Å². The quantitative estimate of drug-likeness (QED) is 0.885. The number of nitrogens with one attached hydrogen (secondary N) is 1. The van der Waals surface area contributed by atoms with Crippen LogP contribution in [0, 0.1) is 19.8 Å². The Morgan fingerprint density at radius 3 is 2.61 bits per heavy atom. The molecule has 1 aliphatic heterocycles. The maximum absolute atomic E-state index is 4.58. The Kier molecular flexibility index (Phi) is 4.07. The lowest BCUT2D eigenvalue weighted by Crippen LogP contribution is -2.40. The summed E-state index contributed by atoms with van der Waals surface area (Å²) in [5.74, 6) is 0.690. The first-order valence-corrected chi connectivity index (χ1v) is 6.91. The number of aromatic nitrogens is 2. The van der Waals surface area contributed by atoms with E-state index in [9.17, 15) is 0 Å². The number of hydrogen-bond donors (Lipinski definition) is 1. The smallest absolute Gasteiger partial charge is 0.0644 e. The molecule has 0 aliphatic carbocycles. The maximum atomic E-state index is 4.58. The van der Waals surface area contributed by atoms with Crippen molar-refractivity contribution in [1.82, 2.24) is 20.0 Å². The highest BCUT2D eigenvalue weighted by Gasteiger charge is 2.33. The van der Waals surface area contributed by atoms with E-state index in [0.717, 1.165) is 6.54 Å². The standard InChI is InChI=1S/C14H26N4/c1-10-13(11(2)18(5)16-10)14-12(9-15-3)7-6-8-17(14)4/h12,14-15H,6-9H2,1-5H3. The minimum absolute atomic E-state index is 0.514. The molecule has 0 saturated carbocycles. The Morgan fingerprint density at radius 2 is 2.06 bits per heavy atom. The molecule has 1 N–H and O–H groups in total. The molecular formula is C14H26N4. The minimum atomic E-state index is 0.514. The largest absolute Gasteiger partial charge is 0.319 e. The summed E-state index contributed by atoms with van der Waals surface area (Å²) < 4.78 is 2.02. The molecule has 0 amide bonds. The van der Waals surface area contributed by atoms with E-state index in [1.54, 1.807) is 0 Å². The van der Waals surface area contributed by atoms with Gasteiger partial charge in [0.1, 0.15) is 0 Å². The number of aryl methyl sites for hydroxylation is 2. The van der Waals surface area contributed by atoms with Gasteiger partial charge >= 0.3 is 0 Å². The van der Waals surface area contributed by atoms with Gasteiger partial charge in [0.15, 0.2) is 0 Å². The van der Waals surface area contributed by atoms with E-state index >= 15 is 0 Å². The number of hydrogen-bond acceptors (Lipinski definition) is 3. The second kappa shape index (κ2) is 5.41. The first-order valence-electron chi connectivity index (χ1n) is 6.91. The minimum Gasteiger partial charge on any atom is -0.319 e. The van der Waals surface area contributed by atoms with Crippen molar-refractivity contribution >= 4 is 0 Å². The average molecular weight is 250 g/mol. The molecule has 1 aliphatic rings. The Hall–Kier alpha value is -0.870. The highest BCUT2D eigenvalue weighted by Crippen LogP contribution is 2.37. The van der Waals surface area contributed by atoms with Gasteiger partial charge in [-0.25, -0.2) is 0 Å². The second-order valence-corrected chi connectivity index (χ2v) is 5.59. The van der Waals surface area contributed by atoms with Crippen LogP contribution in [0.4, 0.5) is 0 Å². The van der Waals surface area contributed by atoms with E-state index in [-0.39, 0.29) is 0 Å². The van der Waals surface area contributed by atoms with Crippen LogP contribution in [0.3, 0.4) is 0 Å². The molecule has 4 heteroatoms. The highest BCUT2D eigenvalue weighted by atomic mass is 15.3. The van der Waals surface area contributed by atoms with Crippen LogP contribution in [0.1, 0.15) is 35.8 Å². The predicted molar refractivity (Wildman–Crippen MR) is 74.7 cm³/mol. The summed E-state index contributed by atoms with van der Waals surface area (Å²) in [6.45, 7) is 6.61. The van der Waals surface area contributed by atoms with Crippen molar-refractivity contribution in [2.45, 2.75) is 32.7 Å². The van der Waals surface area contributed by atoms with Gasteiger partial charge in [0.2, 0.25) is 0 Å². The highest BCUT2D eigenvalue weighted by molar-refractivity contribution is 5.29. The zero-order chi connectivity index (χ0) is 13.3. The Bertz CT molecular complexity index is 408. The summed E-state index contributed by atoms with van der Waals surface area (Å²) in [6, 6.07) is 0.514. The van der Waals surface area contributed by atoms with Gasteiger partial charge < -0.3 is 5.32 Å². The molecule has 1 aromatic rings. The van der Waals surface area contributed by atoms with Crippen molar-refractivity contribution in [3.63, 3.8) is 0 Å². The summed E-state index contributed by atoms with van der Waals surface area (Å²) in [4.78, 5) is 2.50.